The summed E-state index contributed by atoms with van der Waals surface area (Å²) in [5, 5.41) is 0. The molecule has 1 saturated heterocycles. The molecule has 12 heavy (non-hydrogen) atoms. The molecule has 3 heteroatoms. The van der Waals surface area contributed by atoms with E-state index in [2.05, 4.69) is 42.9 Å². The van der Waals surface area contributed by atoms with Crippen molar-refractivity contribution >= 4 is 12.8 Å². The Kier molecular flexibility index (Phi) is 3.87. The van der Waals surface area contributed by atoms with Gasteiger partial charge in [-0.25, -0.2) is 4.31 Å². The highest BCUT2D eigenvalue weighted by atomic mass is 32.1. The maximum atomic E-state index is 4.44. The molecule has 1 fully saturated rings. The molecule has 0 N–H and O–H groups in total. The highest BCUT2D eigenvalue weighted by molar-refractivity contribution is 7.77. The molecular formula is C9H20N2S. The molecule has 1 atom stereocenters. The predicted octanol–water partition coefficient (Wildman–Crippen LogP) is 1.64. The van der Waals surface area contributed by atoms with E-state index in [-0.39, 0.29) is 0 Å². The Bertz CT molecular complexity index is 138. The third-order valence-corrected chi connectivity index (χ3v) is 3.25. The molecule has 0 aliphatic carbocycles. The zero-order valence-corrected chi connectivity index (χ0v) is 9.22. The van der Waals surface area contributed by atoms with E-state index in [1.54, 1.807) is 0 Å². The molecule has 1 rings (SSSR count). The topological polar surface area (TPSA) is 6.48 Å². The second kappa shape index (κ2) is 4.49. The van der Waals surface area contributed by atoms with Gasteiger partial charge in [0.25, 0.3) is 0 Å². The molecule has 72 valence electrons. The standard InChI is InChI=1S/C9H20N2S/c1-8(2)10(3)7-9-5-4-6-11(9)12/h8-9,12H,4-7H2,1-3H3. The van der Waals surface area contributed by atoms with Crippen molar-refractivity contribution in [3.05, 3.63) is 0 Å². The molecule has 0 bridgehead atoms. The molecule has 1 heterocycles. The quantitative estimate of drug-likeness (QED) is 0.673. The maximum Gasteiger partial charge on any atom is 0.0328 e. The minimum absolute atomic E-state index is 0.646. The van der Waals surface area contributed by atoms with Gasteiger partial charge in [-0.3, -0.25) is 0 Å². The lowest BCUT2D eigenvalue weighted by Gasteiger charge is -2.27. The monoisotopic (exact) mass is 188 g/mol. The van der Waals surface area contributed by atoms with Crippen molar-refractivity contribution in [3.63, 3.8) is 0 Å². The summed E-state index contributed by atoms with van der Waals surface area (Å²) >= 11 is 4.44. The smallest absolute Gasteiger partial charge is 0.0328 e. The summed E-state index contributed by atoms with van der Waals surface area (Å²) in [6.45, 7) is 6.77. The molecule has 0 aromatic heterocycles. The fraction of sp³-hybridized carbons (Fsp3) is 1.00. The van der Waals surface area contributed by atoms with Gasteiger partial charge < -0.3 is 4.90 Å². The Morgan fingerprint density at radius 3 is 2.67 bits per heavy atom. The van der Waals surface area contributed by atoms with Crippen LogP contribution in [0.5, 0.6) is 0 Å². The molecule has 1 aliphatic heterocycles. The van der Waals surface area contributed by atoms with Gasteiger partial charge in [-0.2, -0.15) is 0 Å². The van der Waals surface area contributed by atoms with Crippen molar-refractivity contribution in [2.75, 3.05) is 20.1 Å². The largest absolute Gasteiger partial charge is 0.302 e. The number of hydrogen-bond acceptors (Lipinski definition) is 3. The van der Waals surface area contributed by atoms with Crippen LogP contribution in [0.25, 0.3) is 0 Å². The first-order chi connectivity index (χ1) is 5.61. The van der Waals surface area contributed by atoms with Gasteiger partial charge in [0.1, 0.15) is 0 Å². The van der Waals surface area contributed by atoms with Crippen LogP contribution in [-0.4, -0.2) is 41.4 Å². The molecule has 2 nitrogen and oxygen atoms in total. The van der Waals surface area contributed by atoms with E-state index in [0.717, 1.165) is 13.1 Å². The van der Waals surface area contributed by atoms with E-state index in [0.29, 0.717) is 12.1 Å². The van der Waals surface area contributed by atoms with Gasteiger partial charge in [0.05, 0.1) is 0 Å². The summed E-state index contributed by atoms with van der Waals surface area (Å²) in [7, 11) is 2.19. The van der Waals surface area contributed by atoms with Crippen molar-refractivity contribution in [2.45, 2.75) is 38.8 Å². The van der Waals surface area contributed by atoms with Crippen LogP contribution in [0.1, 0.15) is 26.7 Å². The molecule has 1 aliphatic rings. The van der Waals surface area contributed by atoms with Crippen LogP contribution < -0.4 is 0 Å². The van der Waals surface area contributed by atoms with Gasteiger partial charge in [0, 0.05) is 25.2 Å². The van der Waals surface area contributed by atoms with E-state index >= 15 is 0 Å². The SMILES string of the molecule is CC(C)N(C)CC1CCCN1S. The van der Waals surface area contributed by atoms with Crippen LogP contribution in [0.2, 0.25) is 0 Å². The van der Waals surface area contributed by atoms with Crippen molar-refractivity contribution in [3.8, 4) is 0 Å². The maximum absolute atomic E-state index is 4.44. The molecule has 0 spiro atoms. The second-order valence-corrected chi connectivity index (χ2v) is 4.51. The second-order valence-electron chi connectivity index (χ2n) is 3.99. The predicted molar refractivity (Wildman–Crippen MR) is 56.5 cm³/mol. The van der Waals surface area contributed by atoms with Gasteiger partial charge >= 0.3 is 0 Å². The Labute approximate surface area is 81.5 Å². The summed E-state index contributed by atoms with van der Waals surface area (Å²) in [5.74, 6) is 0. The molecule has 0 amide bonds. The number of thiol groups is 1. The van der Waals surface area contributed by atoms with E-state index in [1.165, 1.54) is 12.8 Å². The Hall–Kier alpha value is 0.270. The lowest BCUT2D eigenvalue weighted by Crippen LogP contribution is -2.37. The summed E-state index contributed by atoms with van der Waals surface area (Å²) in [6.07, 6.45) is 2.61. The van der Waals surface area contributed by atoms with E-state index < -0.39 is 0 Å². The highest BCUT2D eigenvalue weighted by Crippen LogP contribution is 2.19. The van der Waals surface area contributed by atoms with Crippen molar-refractivity contribution < 1.29 is 0 Å². The van der Waals surface area contributed by atoms with Crippen LogP contribution in [0.4, 0.5) is 0 Å². The first-order valence-corrected chi connectivity index (χ1v) is 5.17. The number of hydrogen-bond donors (Lipinski definition) is 1. The fourth-order valence-electron chi connectivity index (χ4n) is 1.55. The number of rotatable bonds is 3. The van der Waals surface area contributed by atoms with Gasteiger partial charge in [-0.1, -0.05) is 12.8 Å². The molecule has 1 unspecified atom stereocenters. The zero-order chi connectivity index (χ0) is 9.14. The highest BCUT2D eigenvalue weighted by Gasteiger charge is 2.23. The van der Waals surface area contributed by atoms with Crippen molar-refractivity contribution in [1.29, 1.82) is 0 Å². The average molecular weight is 188 g/mol. The third-order valence-electron chi connectivity index (χ3n) is 2.73. The molecule has 0 saturated carbocycles. The van der Waals surface area contributed by atoms with Crippen LogP contribution in [0, 0.1) is 0 Å². The first kappa shape index (κ1) is 10.4. The normalized spacial score (nSPS) is 26.0. The minimum atomic E-state index is 0.646. The van der Waals surface area contributed by atoms with Gasteiger partial charge in [0.15, 0.2) is 0 Å². The zero-order valence-electron chi connectivity index (χ0n) is 8.32. The van der Waals surface area contributed by atoms with Crippen LogP contribution in [0.15, 0.2) is 0 Å². The van der Waals surface area contributed by atoms with Crippen LogP contribution >= 0.6 is 12.8 Å². The summed E-state index contributed by atoms with van der Waals surface area (Å²) < 4.78 is 2.18. The molecule has 0 radical (unpaired) electrons. The first-order valence-electron chi connectivity index (χ1n) is 4.77. The minimum Gasteiger partial charge on any atom is -0.302 e. The van der Waals surface area contributed by atoms with E-state index in [4.69, 9.17) is 0 Å². The van der Waals surface area contributed by atoms with Gasteiger partial charge in [-0.15, -0.1) is 0 Å². The molecular weight excluding hydrogens is 168 g/mol. The number of likely N-dealkylation sites (N-methyl/N-ethyl adjacent to an activating group) is 1. The summed E-state index contributed by atoms with van der Waals surface area (Å²) in [5.41, 5.74) is 0. The average Bonchev–Trinajstić information content (AvgIpc) is 2.36. The Morgan fingerprint density at radius 2 is 2.25 bits per heavy atom. The Balaban J connectivity index is 2.30. The molecule has 0 aromatic carbocycles. The lowest BCUT2D eigenvalue weighted by atomic mass is 10.2. The van der Waals surface area contributed by atoms with Crippen LogP contribution in [-0.2, 0) is 0 Å². The van der Waals surface area contributed by atoms with Gasteiger partial charge in [0.2, 0.25) is 0 Å². The van der Waals surface area contributed by atoms with Gasteiger partial charge in [-0.05, 0) is 33.7 Å². The third kappa shape index (κ3) is 2.64. The van der Waals surface area contributed by atoms with E-state index in [9.17, 15) is 0 Å². The summed E-state index contributed by atoms with van der Waals surface area (Å²) in [4.78, 5) is 2.39. The van der Waals surface area contributed by atoms with Crippen molar-refractivity contribution in [1.82, 2.24) is 9.21 Å². The fourth-order valence-corrected chi connectivity index (χ4v) is 1.88. The Morgan fingerprint density at radius 1 is 1.58 bits per heavy atom. The number of nitrogens with zero attached hydrogens (tertiary/aromatic N) is 2. The van der Waals surface area contributed by atoms with Crippen LogP contribution in [0.3, 0.4) is 0 Å². The van der Waals surface area contributed by atoms with Crippen molar-refractivity contribution in [2.24, 2.45) is 0 Å². The lowest BCUT2D eigenvalue weighted by molar-refractivity contribution is 0.225. The van der Waals surface area contributed by atoms with E-state index in [1.807, 2.05) is 0 Å². The molecule has 0 aromatic rings. The summed E-state index contributed by atoms with van der Waals surface area (Å²) in [6, 6.07) is 1.31.